The summed E-state index contributed by atoms with van der Waals surface area (Å²) in [6, 6.07) is 17.6. The van der Waals surface area contributed by atoms with Crippen LogP contribution in [0, 0.1) is 13.8 Å². The number of carbonyl (C=O) groups is 1. The highest BCUT2D eigenvalue weighted by Gasteiger charge is 2.17. The van der Waals surface area contributed by atoms with Gasteiger partial charge in [-0.2, -0.15) is 5.10 Å². The summed E-state index contributed by atoms with van der Waals surface area (Å²) in [4.78, 5) is 13.1. The lowest BCUT2D eigenvalue weighted by atomic mass is 10.1. The van der Waals surface area contributed by atoms with E-state index in [2.05, 4.69) is 25.8 Å². The van der Waals surface area contributed by atoms with Gasteiger partial charge in [-0.3, -0.25) is 9.89 Å². The number of hydrogen-bond donors (Lipinski definition) is 2. The highest BCUT2D eigenvalue weighted by atomic mass is 16.1. The summed E-state index contributed by atoms with van der Waals surface area (Å²) in [6.45, 7) is 3.79. The van der Waals surface area contributed by atoms with Crippen molar-refractivity contribution in [3.8, 4) is 11.3 Å². The van der Waals surface area contributed by atoms with Crippen LogP contribution in [-0.2, 0) is 0 Å². The third kappa shape index (κ3) is 2.84. The molecule has 5 rings (SSSR count). The number of anilines is 1. The van der Waals surface area contributed by atoms with Gasteiger partial charge in [-0.15, -0.1) is 5.10 Å². The van der Waals surface area contributed by atoms with Crippen molar-refractivity contribution in [3.63, 3.8) is 0 Å². The van der Waals surface area contributed by atoms with Gasteiger partial charge < -0.3 is 5.32 Å². The third-order valence-corrected chi connectivity index (χ3v) is 5.11. The van der Waals surface area contributed by atoms with Crippen LogP contribution in [0.2, 0.25) is 0 Å². The topological polar surface area (TPSA) is 88.0 Å². The van der Waals surface area contributed by atoms with Gasteiger partial charge in [-0.25, -0.2) is 4.52 Å². The molecule has 0 saturated heterocycles. The molecule has 2 N–H and O–H groups in total. The zero-order chi connectivity index (χ0) is 20.0. The number of amides is 1. The highest BCUT2D eigenvalue weighted by molar-refractivity contribution is 6.07. The Balaban J connectivity index is 1.53. The van der Waals surface area contributed by atoms with Crippen molar-refractivity contribution < 1.29 is 4.79 Å². The number of nitrogens with zero attached hydrogens (tertiary/aromatic N) is 4. The molecular formula is C22H18N6O. The number of benzene rings is 2. The predicted molar refractivity (Wildman–Crippen MR) is 112 cm³/mol. The molecule has 0 aliphatic rings. The molecule has 0 radical (unpaired) electrons. The van der Waals surface area contributed by atoms with Crippen molar-refractivity contribution in [2.45, 2.75) is 13.8 Å². The van der Waals surface area contributed by atoms with Gasteiger partial charge in [0.2, 0.25) is 0 Å². The van der Waals surface area contributed by atoms with Crippen LogP contribution in [-0.4, -0.2) is 30.9 Å². The number of fused-ring (bicyclic) bond motifs is 2. The summed E-state index contributed by atoms with van der Waals surface area (Å²) >= 11 is 0. The van der Waals surface area contributed by atoms with Crippen molar-refractivity contribution in [2.75, 3.05) is 5.32 Å². The van der Waals surface area contributed by atoms with E-state index in [0.717, 1.165) is 38.9 Å². The van der Waals surface area contributed by atoms with E-state index in [1.807, 2.05) is 68.4 Å². The Morgan fingerprint density at radius 2 is 1.90 bits per heavy atom. The molecule has 2 aromatic carbocycles. The molecule has 0 bridgehead atoms. The van der Waals surface area contributed by atoms with Crippen LogP contribution in [0.1, 0.15) is 21.6 Å². The minimum atomic E-state index is -0.179. The zero-order valence-electron chi connectivity index (χ0n) is 16.0. The van der Waals surface area contributed by atoms with E-state index in [1.54, 1.807) is 10.7 Å². The number of hydrogen-bond acceptors (Lipinski definition) is 4. The Labute approximate surface area is 166 Å². The number of aryl methyl sites for hydroxylation is 2. The molecule has 7 nitrogen and oxygen atoms in total. The Hall–Kier alpha value is -4.00. The highest BCUT2D eigenvalue weighted by Crippen LogP contribution is 2.28. The molecule has 5 aromatic rings. The van der Waals surface area contributed by atoms with Gasteiger partial charge in [0, 0.05) is 16.6 Å². The van der Waals surface area contributed by atoms with Gasteiger partial charge in [-0.1, -0.05) is 35.5 Å². The van der Waals surface area contributed by atoms with Gasteiger partial charge in [0.05, 0.1) is 34.2 Å². The molecular weight excluding hydrogens is 364 g/mol. The van der Waals surface area contributed by atoms with E-state index >= 15 is 0 Å². The van der Waals surface area contributed by atoms with Gasteiger partial charge in [0.25, 0.3) is 5.91 Å². The summed E-state index contributed by atoms with van der Waals surface area (Å²) in [5, 5.41) is 19.5. The van der Waals surface area contributed by atoms with Crippen LogP contribution >= 0.6 is 0 Å². The minimum absolute atomic E-state index is 0.179. The molecule has 0 aliphatic heterocycles. The molecule has 29 heavy (non-hydrogen) atoms. The van der Waals surface area contributed by atoms with E-state index in [1.165, 1.54) is 0 Å². The van der Waals surface area contributed by atoms with E-state index in [0.29, 0.717) is 11.3 Å². The van der Waals surface area contributed by atoms with Gasteiger partial charge in [-0.05, 0) is 43.7 Å². The quantitative estimate of drug-likeness (QED) is 0.491. The van der Waals surface area contributed by atoms with Crippen molar-refractivity contribution in [1.82, 2.24) is 25.0 Å². The van der Waals surface area contributed by atoms with E-state index < -0.39 is 0 Å². The number of carbonyl (C=O) groups excluding carboxylic acids is 1. The molecule has 0 unspecified atom stereocenters. The van der Waals surface area contributed by atoms with Crippen molar-refractivity contribution in [2.24, 2.45) is 0 Å². The predicted octanol–water partition coefficient (Wildman–Crippen LogP) is 4.14. The second-order valence-corrected chi connectivity index (χ2v) is 7.01. The van der Waals surface area contributed by atoms with Gasteiger partial charge in [0.1, 0.15) is 0 Å². The zero-order valence-corrected chi connectivity index (χ0v) is 16.0. The summed E-state index contributed by atoms with van der Waals surface area (Å²) in [6.07, 6.45) is 1.68. The Morgan fingerprint density at radius 3 is 2.72 bits per heavy atom. The Kier molecular flexibility index (Phi) is 3.87. The molecule has 0 atom stereocenters. The maximum Gasteiger partial charge on any atom is 0.257 e. The summed E-state index contributed by atoms with van der Waals surface area (Å²) < 4.78 is 1.68. The fraction of sp³-hybridized carbons (Fsp3) is 0.0909. The molecule has 7 heteroatoms. The van der Waals surface area contributed by atoms with Crippen LogP contribution in [0.3, 0.4) is 0 Å². The first-order valence-corrected chi connectivity index (χ1v) is 9.27. The SMILES string of the molecule is Cc1cc2cnnn2c(C)c1C(=O)Nc1ccc2[nH]nc(-c3ccccc3)c2c1. The lowest BCUT2D eigenvalue weighted by molar-refractivity contribution is 0.102. The van der Waals surface area contributed by atoms with Crippen LogP contribution in [0.4, 0.5) is 5.69 Å². The van der Waals surface area contributed by atoms with Crippen molar-refractivity contribution in [1.29, 1.82) is 0 Å². The largest absolute Gasteiger partial charge is 0.322 e. The average molecular weight is 382 g/mol. The van der Waals surface area contributed by atoms with Crippen LogP contribution < -0.4 is 5.32 Å². The normalized spacial score (nSPS) is 11.2. The lowest BCUT2D eigenvalue weighted by Gasteiger charge is -2.12. The number of pyridine rings is 1. The first-order chi connectivity index (χ1) is 14.1. The molecule has 1 amide bonds. The first kappa shape index (κ1) is 17.1. The number of nitrogens with one attached hydrogen (secondary N) is 2. The number of rotatable bonds is 3. The lowest BCUT2D eigenvalue weighted by Crippen LogP contribution is -2.17. The van der Waals surface area contributed by atoms with Crippen LogP contribution in [0.15, 0.2) is 60.8 Å². The molecule has 3 aromatic heterocycles. The van der Waals surface area contributed by atoms with Crippen molar-refractivity contribution in [3.05, 3.63) is 77.6 Å². The summed E-state index contributed by atoms with van der Waals surface area (Å²) in [7, 11) is 0. The molecule has 0 saturated carbocycles. The summed E-state index contributed by atoms with van der Waals surface area (Å²) in [5.41, 5.74) is 6.59. The average Bonchev–Trinajstić information content (AvgIpc) is 3.35. The first-order valence-electron chi connectivity index (χ1n) is 9.27. The molecule has 142 valence electrons. The Morgan fingerprint density at radius 1 is 1.07 bits per heavy atom. The second-order valence-electron chi connectivity index (χ2n) is 7.01. The molecule has 0 fully saturated rings. The smallest absolute Gasteiger partial charge is 0.257 e. The molecule has 3 heterocycles. The van der Waals surface area contributed by atoms with E-state index in [-0.39, 0.29) is 5.91 Å². The van der Waals surface area contributed by atoms with E-state index in [4.69, 9.17) is 0 Å². The maximum atomic E-state index is 13.1. The molecule has 0 spiro atoms. The maximum absolute atomic E-state index is 13.1. The fourth-order valence-corrected chi connectivity index (χ4v) is 3.73. The van der Waals surface area contributed by atoms with E-state index in [9.17, 15) is 4.79 Å². The van der Waals surface area contributed by atoms with Gasteiger partial charge >= 0.3 is 0 Å². The number of aromatic nitrogens is 5. The minimum Gasteiger partial charge on any atom is -0.322 e. The number of H-pyrrole nitrogens is 1. The third-order valence-electron chi connectivity index (χ3n) is 5.11. The summed E-state index contributed by atoms with van der Waals surface area (Å²) in [5.74, 6) is -0.179. The van der Waals surface area contributed by atoms with Gasteiger partial charge in [0.15, 0.2) is 0 Å². The standard InChI is InChI=1S/C22H18N6O/c1-13-10-17-12-23-27-28(17)14(2)20(13)22(29)24-16-8-9-19-18(11-16)21(26-25-19)15-6-4-3-5-7-15/h3-12H,1-2H3,(H,24,29)(H,25,26). The van der Waals surface area contributed by atoms with Crippen LogP contribution in [0.25, 0.3) is 27.7 Å². The Bertz CT molecular complexity index is 1370. The fourth-order valence-electron chi connectivity index (χ4n) is 3.73. The number of aromatic amines is 1. The van der Waals surface area contributed by atoms with Crippen molar-refractivity contribution >= 4 is 28.0 Å². The molecule has 0 aliphatic carbocycles. The second kappa shape index (κ2) is 6.56. The monoisotopic (exact) mass is 382 g/mol. The van der Waals surface area contributed by atoms with Crippen LogP contribution in [0.5, 0.6) is 0 Å².